The van der Waals surface area contributed by atoms with E-state index < -0.39 is 19.4 Å². The lowest BCUT2D eigenvalue weighted by molar-refractivity contribution is 0.0537. The summed E-state index contributed by atoms with van der Waals surface area (Å²) in [7, 11) is -0.502. The zero-order chi connectivity index (χ0) is 18.0. The summed E-state index contributed by atoms with van der Waals surface area (Å²) >= 11 is 0. The average molecular weight is 344 g/mol. The number of fused-ring (bicyclic) bond motifs is 1. The topological polar surface area (TPSA) is 63.9 Å². The summed E-state index contributed by atoms with van der Waals surface area (Å²) in [6, 6.07) is 7.68. The minimum Gasteiger partial charge on any atom is -0.526 e. The first-order valence-electron chi connectivity index (χ1n) is 8.77. The minimum atomic E-state index is -0.616. The predicted octanol–water partition coefficient (Wildman–Crippen LogP) is 3.05. The molecule has 1 N–H and O–H groups in total. The fraction of sp³-hybridized carbons (Fsp3) is 0.500. The van der Waals surface area contributed by atoms with Crippen LogP contribution in [0, 0.1) is 0 Å². The quantitative estimate of drug-likeness (QED) is 0.867. The van der Waals surface area contributed by atoms with Crippen molar-refractivity contribution in [2.24, 2.45) is 0 Å². The zero-order valence-electron chi connectivity index (χ0n) is 15.1. The molecule has 134 valence electrons. The molecular formula is C18H25BN2O4. The Balaban J connectivity index is 2.08. The monoisotopic (exact) mass is 344 g/mol. The first-order valence-corrected chi connectivity index (χ1v) is 8.77. The normalized spacial score (nSPS) is 15.3. The van der Waals surface area contributed by atoms with Gasteiger partial charge in [-0.25, -0.2) is 9.36 Å². The van der Waals surface area contributed by atoms with Crippen LogP contribution >= 0.6 is 0 Å². The smallest absolute Gasteiger partial charge is 0.505 e. The van der Waals surface area contributed by atoms with Crippen molar-refractivity contribution in [3.63, 3.8) is 0 Å². The standard InChI is InChI=1S/C18H25BN2O4/c1-18(2,3)24-17(22)21-15-9-7-8-14(20-10-5-4-6-11-20)13(15)12-16(21)25-19-23/h7-9,12,19,23H,4-6,10-11H2,1-3H3. The van der Waals surface area contributed by atoms with E-state index in [1.165, 1.54) is 23.8 Å². The van der Waals surface area contributed by atoms with E-state index in [9.17, 15) is 9.82 Å². The van der Waals surface area contributed by atoms with E-state index in [0.29, 0.717) is 0 Å². The summed E-state index contributed by atoms with van der Waals surface area (Å²) in [4.78, 5) is 15.0. The lowest BCUT2D eigenvalue weighted by atomic mass is 10.1. The van der Waals surface area contributed by atoms with Gasteiger partial charge in [0.25, 0.3) is 0 Å². The van der Waals surface area contributed by atoms with Crippen molar-refractivity contribution in [3.8, 4) is 5.88 Å². The van der Waals surface area contributed by atoms with Crippen LogP contribution in [0.3, 0.4) is 0 Å². The number of hydrogen-bond acceptors (Lipinski definition) is 5. The highest BCUT2D eigenvalue weighted by Crippen LogP contribution is 2.34. The fourth-order valence-electron chi connectivity index (χ4n) is 3.27. The first kappa shape index (κ1) is 17.7. The van der Waals surface area contributed by atoms with Gasteiger partial charge in [0, 0.05) is 30.2 Å². The summed E-state index contributed by atoms with van der Waals surface area (Å²) in [5.74, 6) is 0.288. The second-order valence-corrected chi connectivity index (χ2v) is 7.33. The Bertz CT molecular complexity index is 760. The van der Waals surface area contributed by atoms with Crippen LogP contribution in [0.4, 0.5) is 10.5 Å². The highest BCUT2D eigenvalue weighted by atomic mass is 16.6. The Kier molecular flexibility index (Phi) is 4.95. The Morgan fingerprint density at radius 1 is 1.20 bits per heavy atom. The van der Waals surface area contributed by atoms with Crippen molar-refractivity contribution in [1.29, 1.82) is 0 Å². The number of benzene rings is 1. The molecule has 1 aliphatic rings. The van der Waals surface area contributed by atoms with Crippen LogP contribution < -0.4 is 9.55 Å². The molecule has 0 bridgehead atoms. The fourth-order valence-corrected chi connectivity index (χ4v) is 3.27. The van der Waals surface area contributed by atoms with E-state index >= 15 is 0 Å². The van der Waals surface area contributed by atoms with Gasteiger partial charge in [0.05, 0.1) is 5.52 Å². The molecule has 1 aromatic carbocycles. The van der Waals surface area contributed by atoms with Gasteiger partial charge in [-0.3, -0.25) is 0 Å². The number of piperidine rings is 1. The number of nitrogens with zero attached hydrogens (tertiary/aromatic N) is 2. The predicted molar refractivity (Wildman–Crippen MR) is 99.6 cm³/mol. The molecule has 0 radical (unpaired) electrons. The third-order valence-corrected chi connectivity index (χ3v) is 4.27. The third kappa shape index (κ3) is 3.76. The number of rotatable bonds is 3. The molecular weight excluding hydrogens is 319 g/mol. The molecule has 0 spiro atoms. The van der Waals surface area contributed by atoms with Gasteiger partial charge >= 0.3 is 13.8 Å². The third-order valence-electron chi connectivity index (χ3n) is 4.27. The van der Waals surface area contributed by atoms with Crippen molar-refractivity contribution < 1.29 is 19.2 Å². The Hall–Kier alpha value is -2.15. The molecule has 6 nitrogen and oxygen atoms in total. The minimum absolute atomic E-state index is 0.288. The molecule has 0 atom stereocenters. The van der Waals surface area contributed by atoms with Crippen LogP contribution in [0.25, 0.3) is 10.9 Å². The molecule has 0 saturated carbocycles. The summed E-state index contributed by atoms with van der Waals surface area (Å²) in [5, 5.41) is 10.1. The maximum Gasteiger partial charge on any atom is 0.505 e. The zero-order valence-corrected chi connectivity index (χ0v) is 15.1. The van der Waals surface area contributed by atoms with E-state index in [2.05, 4.69) is 11.0 Å². The van der Waals surface area contributed by atoms with E-state index in [0.717, 1.165) is 29.7 Å². The van der Waals surface area contributed by atoms with Crippen molar-refractivity contribution >= 4 is 30.4 Å². The molecule has 1 saturated heterocycles. The highest BCUT2D eigenvalue weighted by Gasteiger charge is 2.25. The number of carbonyl (C=O) groups excluding carboxylic acids is 1. The number of carbonyl (C=O) groups is 1. The van der Waals surface area contributed by atoms with Gasteiger partial charge < -0.3 is 19.3 Å². The maximum atomic E-state index is 12.7. The van der Waals surface area contributed by atoms with Crippen LogP contribution in [0.5, 0.6) is 5.88 Å². The molecule has 2 aromatic rings. The number of ether oxygens (including phenoxy) is 1. The van der Waals surface area contributed by atoms with Crippen LogP contribution in [0.2, 0.25) is 0 Å². The van der Waals surface area contributed by atoms with Crippen molar-refractivity contribution in [1.82, 2.24) is 4.57 Å². The summed E-state index contributed by atoms with van der Waals surface area (Å²) in [6.45, 7) is 7.48. The highest BCUT2D eigenvalue weighted by molar-refractivity contribution is 6.17. The molecule has 1 aliphatic heterocycles. The molecule has 2 heterocycles. The van der Waals surface area contributed by atoms with Crippen molar-refractivity contribution in [2.45, 2.75) is 45.6 Å². The van der Waals surface area contributed by atoms with Gasteiger partial charge in [0.2, 0.25) is 0 Å². The largest absolute Gasteiger partial charge is 0.526 e. The van der Waals surface area contributed by atoms with Crippen molar-refractivity contribution in [2.75, 3.05) is 18.0 Å². The summed E-state index contributed by atoms with van der Waals surface area (Å²) in [6.07, 6.45) is 3.08. The Morgan fingerprint density at radius 3 is 2.56 bits per heavy atom. The molecule has 0 unspecified atom stereocenters. The van der Waals surface area contributed by atoms with Gasteiger partial charge in [0.15, 0.2) is 5.88 Å². The van der Waals surface area contributed by atoms with Gasteiger partial charge in [0.1, 0.15) is 5.60 Å². The molecule has 7 heteroatoms. The van der Waals surface area contributed by atoms with Crippen molar-refractivity contribution in [3.05, 3.63) is 24.3 Å². The Labute approximate surface area is 148 Å². The van der Waals surface area contributed by atoms with Gasteiger partial charge in [-0.15, -0.1) is 0 Å². The number of hydrogen-bond donors (Lipinski definition) is 1. The van der Waals surface area contributed by atoms with Crippen LogP contribution in [0.15, 0.2) is 24.3 Å². The molecule has 25 heavy (non-hydrogen) atoms. The van der Waals surface area contributed by atoms with Crippen LogP contribution in [0.1, 0.15) is 40.0 Å². The van der Waals surface area contributed by atoms with Crippen LogP contribution in [-0.4, -0.2) is 42.1 Å². The molecule has 0 aliphatic carbocycles. The second kappa shape index (κ2) is 7.00. The van der Waals surface area contributed by atoms with Gasteiger partial charge in [-0.05, 0) is 52.2 Å². The van der Waals surface area contributed by atoms with E-state index in [1.807, 2.05) is 32.9 Å². The SMILES string of the molecule is CC(C)(C)OC(=O)n1c(OBO)cc2c(N3CCCCC3)cccc21. The summed E-state index contributed by atoms with van der Waals surface area (Å²) in [5.41, 5.74) is 1.19. The van der Waals surface area contributed by atoms with E-state index in [-0.39, 0.29) is 5.88 Å². The maximum absolute atomic E-state index is 12.7. The Morgan fingerprint density at radius 2 is 1.92 bits per heavy atom. The molecule has 1 aromatic heterocycles. The van der Waals surface area contributed by atoms with Crippen LogP contribution in [-0.2, 0) is 4.74 Å². The number of aromatic nitrogens is 1. The molecule has 1 fully saturated rings. The van der Waals surface area contributed by atoms with E-state index in [4.69, 9.17) is 9.39 Å². The first-order chi connectivity index (χ1) is 11.9. The average Bonchev–Trinajstić information content (AvgIpc) is 2.92. The summed E-state index contributed by atoms with van der Waals surface area (Å²) < 4.78 is 12.2. The van der Waals surface area contributed by atoms with Gasteiger partial charge in [-0.2, -0.15) is 0 Å². The lowest BCUT2D eigenvalue weighted by Crippen LogP contribution is -2.29. The number of anilines is 1. The lowest BCUT2D eigenvalue weighted by Gasteiger charge is -2.29. The van der Waals surface area contributed by atoms with E-state index in [1.54, 1.807) is 6.07 Å². The molecule has 0 amide bonds. The molecule has 3 rings (SSSR count). The van der Waals surface area contributed by atoms with Gasteiger partial charge in [-0.1, -0.05) is 6.07 Å². The second-order valence-electron chi connectivity index (χ2n) is 7.33.